The van der Waals surface area contributed by atoms with Crippen LogP contribution in [0.15, 0.2) is 0 Å². The summed E-state index contributed by atoms with van der Waals surface area (Å²) in [6, 6.07) is 0. The summed E-state index contributed by atoms with van der Waals surface area (Å²) in [6.07, 6.45) is 3.89. The van der Waals surface area contributed by atoms with Gasteiger partial charge < -0.3 is 20.1 Å². The van der Waals surface area contributed by atoms with Crippen molar-refractivity contribution in [2.75, 3.05) is 46.6 Å². The molecular formula is C14H28N2O3. The molecule has 0 unspecified atom stereocenters. The molecule has 0 saturated carbocycles. The number of methoxy groups -OCH3 is 1. The zero-order valence-electron chi connectivity index (χ0n) is 12.3. The second-order valence-corrected chi connectivity index (χ2v) is 5.19. The highest BCUT2D eigenvalue weighted by Crippen LogP contribution is 2.29. The molecule has 0 aromatic rings. The number of carbonyl (C=O) groups is 1. The van der Waals surface area contributed by atoms with Gasteiger partial charge >= 0.3 is 0 Å². The number of piperidine rings is 1. The van der Waals surface area contributed by atoms with E-state index in [1.165, 1.54) is 0 Å². The van der Waals surface area contributed by atoms with Crippen molar-refractivity contribution in [3.05, 3.63) is 0 Å². The average Bonchev–Trinajstić information content (AvgIpc) is 2.44. The third-order valence-electron chi connectivity index (χ3n) is 3.64. The molecule has 0 spiro atoms. The predicted molar refractivity (Wildman–Crippen MR) is 75.1 cm³/mol. The second kappa shape index (κ2) is 9.28. The molecule has 0 aromatic carbocycles. The summed E-state index contributed by atoms with van der Waals surface area (Å²) in [5.41, 5.74) is -0.358. The standard InChI is InChI=1S/C14H28N2O3/c1-3-4-10-19-11-9-16-13(17)14(12-18-2)5-7-15-8-6-14/h15H,3-12H2,1-2H3,(H,16,17). The molecular weight excluding hydrogens is 244 g/mol. The molecule has 1 saturated heterocycles. The first-order valence-electron chi connectivity index (χ1n) is 7.31. The lowest BCUT2D eigenvalue weighted by Gasteiger charge is -2.35. The van der Waals surface area contributed by atoms with Gasteiger partial charge in [-0.15, -0.1) is 0 Å². The quantitative estimate of drug-likeness (QED) is 0.613. The lowest BCUT2D eigenvalue weighted by molar-refractivity contribution is -0.136. The first kappa shape index (κ1) is 16.4. The van der Waals surface area contributed by atoms with Crippen LogP contribution in [0, 0.1) is 5.41 Å². The van der Waals surface area contributed by atoms with E-state index in [0.717, 1.165) is 45.4 Å². The highest BCUT2D eigenvalue weighted by Gasteiger charge is 2.39. The van der Waals surface area contributed by atoms with Gasteiger partial charge in [-0.25, -0.2) is 0 Å². The van der Waals surface area contributed by atoms with Gasteiger partial charge in [0.1, 0.15) is 0 Å². The molecule has 1 aliphatic rings. The van der Waals surface area contributed by atoms with Crippen molar-refractivity contribution in [3.63, 3.8) is 0 Å². The summed E-state index contributed by atoms with van der Waals surface area (Å²) in [7, 11) is 1.66. The Balaban J connectivity index is 2.28. The van der Waals surface area contributed by atoms with Crippen LogP contribution in [-0.4, -0.2) is 52.5 Å². The van der Waals surface area contributed by atoms with E-state index >= 15 is 0 Å². The summed E-state index contributed by atoms with van der Waals surface area (Å²) in [4.78, 5) is 12.3. The highest BCUT2D eigenvalue weighted by molar-refractivity contribution is 5.83. The van der Waals surface area contributed by atoms with Crippen molar-refractivity contribution < 1.29 is 14.3 Å². The molecule has 112 valence electrons. The first-order chi connectivity index (χ1) is 9.25. The van der Waals surface area contributed by atoms with Crippen LogP contribution in [-0.2, 0) is 14.3 Å². The van der Waals surface area contributed by atoms with E-state index in [2.05, 4.69) is 17.6 Å². The fraction of sp³-hybridized carbons (Fsp3) is 0.929. The van der Waals surface area contributed by atoms with E-state index in [9.17, 15) is 4.79 Å². The van der Waals surface area contributed by atoms with Gasteiger partial charge in [0.25, 0.3) is 0 Å². The number of hydrogen-bond donors (Lipinski definition) is 2. The molecule has 1 rings (SSSR count). The van der Waals surface area contributed by atoms with Gasteiger partial charge in [-0.2, -0.15) is 0 Å². The highest BCUT2D eigenvalue weighted by atomic mass is 16.5. The zero-order chi connectivity index (χ0) is 14.0. The molecule has 0 aliphatic carbocycles. The molecule has 0 aromatic heterocycles. The summed E-state index contributed by atoms with van der Waals surface area (Å²) >= 11 is 0. The Labute approximate surface area is 116 Å². The van der Waals surface area contributed by atoms with E-state index in [1.54, 1.807) is 7.11 Å². The van der Waals surface area contributed by atoms with Crippen LogP contribution in [0.4, 0.5) is 0 Å². The molecule has 19 heavy (non-hydrogen) atoms. The summed E-state index contributed by atoms with van der Waals surface area (Å²) in [5.74, 6) is 0.106. The van der Waals surface area contributed by atoms with Crippen LogP contribution in [0.5, 0.6) is 0 Å². The molecule has 5 heteroatoms. The van der Waals surface area contributed by atoms with Crippen LogP contribution in [0.25, 0.3) is 0 Å². The molecule has 0 radical (unpaired) electrons. The zero-order valence-corrected chi connectivity index (χ0v) is 12.3. The van der Waals surface area contributed by atoms with E-state index in [0.29, 0.717) is 19.8 Å². The molecule has 0 bridgehead atoms. The molecule has 1 fully saturated rings. The predicted octanol–water partition coefficient (Wildman–Crippen LogP) is 0.936. The van der Waals surface area contributed by atoms with E-state index in [1.807, 2.05) is 0 Å². The lowest BCUT2D eigenvalue weighted by atomic mass is 9.78. The number of ether oxygens (including phenoxy) is 2. The van der Waals surface area contributed by atoms with Crippen molar-refractivity contribution in [2.24, 2.45) is 5.41 Å². The van der Waals surface area contributed by atoms with Gasteiger partial charge in [-0.1, -0.05) is 13.3 Å². The monoisotopic (exact) mass is 272 g/mol. The Morgan fingerprint density at radius 1 is 1.32 bits per heavy atom. The minimum absolute atomic E-state index is 0.106. The maximum atomic E-state index is 12.3. The smallest absolute Gasteiger partial charge is 0.228 e. The van der Waals surface area contributed by atoms with Gasteiger partial charge in [0.15, 0.2) is 0 Å². The topological polar surface area (TPSA) is 59.6 Å². The second-order valence-electron chi connectivity index (χ2n) is 5.19. The SMILES string of the molecule is CCCCOCCNC(=O)C1(COC)CCNCC1. The first-order valence-corrected chi connectivity index (χ1v) is 7.31. The van der Waals surface area contributed by atoms with Crippen LogP contribution >= 0.6 is 0 Å². The van der Waals surface area contributed by atoms with Crippen molar-refractivity contribution in [2.45, 2.75) is 32.6 Å². The van der Waals surface area contributed by atoms with Crippen LogP contribution in [0.1, 0.15) is 32.6 Å². The number of nitrogens with one attached hydrogen (secondary N) is 2. The Morgan fingerprint density at radius 2 is 2.05 bits per heavy atom. The van der Waals surface area contributed by atoms with Crippen LogP contribution in [0.3, 0.4) is 0 Å². The van der Waals surface area contributed by atoms with E-state index in [4.69, 9.17) is 9.47 Å². The van der Waals surface area contributed by atoms with Gasteiger partial charge in [0, 0.05) is 20.3 Å². The van der Waals surface area contributed by atoms with Crippen molar-refractivity contribution in [3.8, 4) is 0 Å². The van der Waals surface area contributed by atoms with Crippen LogP contribution in [0.2, 0.25) is 0 Å². The lowest BCUT2D eigenvalue weighted by Crippen LogP contribution is -2.50. The van der Waals surface area contributed by atoms with Gasteiger partial charge in [-0.05, 0) is 32.4 Å². The van der Waals surface area contributed by atoms with Crippen LogP contribution < -0.4 is 10.6 Å². The van der Waals surface area contributed by atoms with Gasteiger partial charge in [-0.3, -0.25) is 4.79 Å². The molecule has 1 heterocycles. The minimum atomic E-state index is -0.358. The fourth-order valence-electron chi connectivity index (χ4n) is 2.39. The largest absolute Gasteiger partial charge is 0.384 e. The van der Waals surface area contributed by atoms with Crippen molar-refractivity contribution in [1.29, 1.82) is 0 Å². The Morgan fingerprint density at radius 3 is 2.68 bits per heavy atom. The van der Waals surface area contributed by atoms with E-state index < -0.39 is 0 Å². The maximum absolute atomic E-state index is 12.3. The minimum Gasteiger partial charge on any atom is -0.384 e. The summed E-state index contributed by atoms with van der Waals surface area (Å²) in [5, 5.41) is 6.27. The van der Waals surface area contributed by atoms with Gasteiger partial charge in [0.2, 0.25) is 5.91 Å². The van der Waals surface area contributed by atoms with Crippen molar-refractivity contribution >= 4 is 5.91 Å². The average molecular weight is 272 g/mol. The Bertz CT molecular complexity index is 248. The fourth-order valence-corrected chi connectivity index (χ4v) is 2.39. The maximum Gasteiger partial charge on any atom is 0.228 e. The third kappa shape index (κ3) is 5.47. The molecule has 5 nitrogen and oxygen atoms in total. The number of unbranched alkanes of at least 4 members (excludes halogenated alkanes) is 1. The molecule has 2 N–H and O–H groups in total. The van der Waals surface area contributed by atoms with Gasteiger partial charge in [0.05, 0.1) is 18.6 Å². The number of carbonyl (C=O) groups excluding carboxylic acids is 1. The third-order valence-corrected chi connectivity index (χ3v) is 3.64. The summed E-state index contributed by atoms with van der Waals surface area (Å²) < 4.78 is 10.7. The number of amides is 1. The number of rotatable bonds is 9. The molecule has 1 amide bonds. The van der Waals surface area contributed by atoms with E-state index in [-0.39, 0.29) is 11.3 Å². The molecule has 1 aliphatic heterocycles. The number of hydrogen-bond acceptors (Lipinski definition) is 4. The van der Waals surface area contributed by atoms with Crippen molar-refractivity contribution in [1.82, 2.24) is 10.6 Å². The normalized spacial score (nSPS) is 18.2. The molecule has 0 atom stereocenters. The Hall–Kier alpha value is -0.650. The summed E-state index contributed by atoms with van der Waals surface area (Å²) in [6.45, 7) is 6.34. The Kier molecular flexibility index (Phi) is 8.02.